The van der Waals surface area contributed by atoms with Crippen molar-refractivity contribution in [3.63, 3.8) is 0 Å². The van der Waals surface area contributed by atoms with Crippen LogP contribution in [-0.2, 0) is 4.74 Å². The van der Waals surface area contributed by atoms with Crippen molar-refractivity contribution in [3.8, 4) is 0 Å². The molecule has 6 nitrogen and oxygen atoms in total. The van der Waals surface area contributed by atoms with E-state index in [4.69, 9.17) is 4.74 Å². The smallest absolute Gasteiger partial charge is 0.272 e. The number of amides is 1. The highest BCUT2D eigenvalue weighted by atomic mass is 16.5. The zero-order valence-electron chi connectivity index (χ0n) is 15.6. The fourth-order valence-electron chi connectivity index (χ4n) is 3.43. The molecule has 2 aromatic heterocycles. The lowest BCUT2D eigenvalue weighted by atomic mass is 10.1. The van der Waals surface area contributed by atoms with Crippen molar-refractivity contribution >= 4 is 17.1 Å². The number of fused-ring (bicyclic) bond motifs is 1. The summed E-state index contributed by atoms with van der Waals surface area (Å²) in [7, 11) is 0. The Morgan fingerprint density at radius 3 is 2.81 bits per heavy atom. The molecule has 1 aliphatic heterocycles. The van der Waals surface area contributed by atoms with Gasteiger partial charge in [-0.15, -0.1) is 0 Å². The van der Waals surface area contributed by atoms with Gasteiger partial charge in [-0.3, -0.25) is 4.79 Å². The fourth-order valence-corrected chi connectivity index (χ4v) is 3.43. The summed E-state index contributed by atoms with van der Waals surface area (Å²) in [4.78, 5) is 14.9. The summed E-state index contributed by atoms with van der Waals surface area (Å²) in [6.45, 7) is 6.65. The molecule has 4 rings (SSSR count). The molecule has 1 aromatic carbocycles. The second-order valence-corrected chi connectivity index (χ2v) is 7.01. The molecule has 1 amide bonds. The van der Waals surface area contributed by atoms with Gasteiger partial charge in [0.15, 0.2) is 5.69 Å². The van der Waals surface area contributed by atoms with Gasteiger partial charge < -0.3 is 15.0 Å². The first kappa shape index (κ1) is 17.5. The van der Waals surface area contributed by atoms with Gasteiger partial charge in [0.2, 0.25) is 0 Å². The molecule has 2 atom stereocenters. The van der Waals surface area contributed by atoms with Crippen LogP contribution in [0.5, 0.6) is 0 Å². The lowest BCUT2D eigenvalue weighted by molar-refractivity contribution is 0.0532. The van der Waals surface area contributed by atoms with Crippen LogP contribution in [0.4, 0.5) is 5.69 Å². The Kier molecular flexibility index (Phi) is 4.81. The maximum Gasteiger partial charge on any atom is 0.272 e. The van der Waals surface area contributed by atoms with Crippen LogP contribution in [-0.4, -0.2) is 41.3 Å². The van der Waals surface area contributed by atoms with Crippen LogP contribution >= 0.6 is 0 Å². The van der Waals surface area contributed by atoms with Crippen LogP contribution in [0.3, 0.4) is 0 Å². The van der Waals surface area contributed by atoms with Crippen LogP contribution in [0.25, 0.3) is 5.52 Å². The molecule has 3 aromatic rings. The molecule has 1 saturated heterocycles. The number of pyridine rings is 1. The lowest BCUT2D eigenvalue weighted by Crippen LogP contribution is -2.41. The van der Waals surface area contributed by atoms with Crippen LogP contribution in [0.2, 0.25) is 0 Å². The Labute approximate surface area is 158 Å². The first-order valence-corrected chi connectivity index (χ1v) is 9.32. The van der Waals surface area contributed by atoms with E-state index in [1.165, 1.54) is 5.69 Å². The summed E-state index contributed by atoms with van der Waals surface area (Å²) in [5.74, 6) is -0.169. The molecule has 0 aliphatic carbocycles. The standard InChI is InChI=1S/C21H24N4O2/c1-15-14-24(11-12-27-15)18-8-6-17(7-9-18)16(2)22-21(26)20-13-19-5-3-4-10-25(19)23-20/h3-10,13,15-16H,11-12,14H2,1-2H3,(H,22,26). The molecule has 0 saturated carbocycles. The van der Waals surface area contributed by atoms with Gasteiger partial charge in [-0.25, -0.2) is 4.52 Å². The number of ether oxygens (including phenoxy) is 1. The number of carbonyl (C=O) groups is 1. The number of anilines is 1. The number of nitrogens with zero attached hydrogens (tertiary/aromatic N) is 3. The minimum atomic E-state index is -0.169. The normalized spacial score (nSPS) is 18.4. The van der Waals surface area contributed by atoms with E-state index in [0.29, 0.717) is 5.69 Å². The van der Waals surface area contributed by atoms with E-state index >= 15 is 0 Å². The molecule has 1 fully saturated rings. The lowest BCUT2D eigenvalue weighted by Gasteiger charge is -2.33. The molecule has 140 valence electrons. The van der Waals surface area contributed by atoms with Gasteiger partial charge in [0.05, 0.1) is 24.3 Å². The summed E-state index contributed by atoms with van der Waals surface area (Å²) in [5, 5.41) is 7.36. The molecule has 0 spiro atoms. The molecule has 27 heavy (non-hydrogen) atoms. The number of morpholine rings is 1. The average Bonchev–Trinajstić information content (AvgIpc) is 3.12. The van der Waals surface area contributed by atoms with Gasteiger partial charge in [0.1, 0.15) is 0 Å². The van der Waals surface area contributed by atoms with E-state index in [0.717, 1.165) is 30.8 Å². The highest BCUT2D eigenvalue weighted by Crippen LogP contribution is 2.21. The molecule has 6 heteroatoms. The Morgan fingerprint density at radius 2 is 2.07 bits per heavy atom. The number of hydrogen-bond acceptors (Lipinski definition) is 4. The first-order valence-electron chi connectivity index (χ1n) is 9.32. The Hall–Kier alpha value is -2.86. The molecule has 3 heterocycles. The molecule has 0 bridgehead atoms. The molecule has 0 radical (unpaired) electrons. The highest BCUT2D eigenvalue weighted by Gasteiger charge is 2.18. The summed E-state index contributed by atoms with van der Waals surface area (Å²) in [5.41, 5.74) is 3.58. The summed E-state index contributed by atoms with van der Waals surface area (Å²) in [6, 6.07) is 15.8. The summed E-state index contributed by atoms with van der Waals surface area (Å²) in [6.07, 6.45) is 2.09. The number of aromatic nitrogens is 2. The van der Waals surface area contributed by atoms with E-state index in [2.05, 4.69) is 46.5 Å². The Balaban J connectivity index is 1.43. The third-order valence-corrected chi connectivity index (χ3v) is 4.95. The van der Waals surface area contributed by atoms with E-state index in [1.54, 1.807) is 10.6 Å². The number of benzene rings is 1. The molecule has 1 N–H and O–H groups in total. The van der Waals surface area contributed by atoms with Gasteiger partial charge in [-0.05, 0) is 49.7 Å². The number of nitrogens with one attached hydrogen (secondary N) is 1. The zero-order chi connectivity index (χ0) is 18.8. The second kappa shape index (κ2) is 7.40. The number of hydrogen-bond donors (Lipinski definition) is 1. The quantitative estimate of drug-likeness (QED) is 0.773. The highest BCUT2D eigenvalue weighted by molar-refractivity contribution is 5.93. The second-order valence-electron chi connectivity index (χ2n) is 7.01. The molecule has 1 aliphatic rings. The van der Waals surface area contributed by atoms with Crippen LogP contribution in [0.1, 0.15) is 35.9 Å². The first-order chi connectivity index (χ1) is 13.1. The summed E-state index contributed by atoms with van der Waals surface area (Å²) >= 11 is 0. The van der Waals surface area contributed by atoms with Crippen molar-refractivity contribution in [1.29, 1.82) is 0 Å². The largest absolute Gasteiger partial charge is 0.375 e. The van der Waals surface area contributed by atoms with Crippen LogP contribution in [0, 0.1) is 0 Å². The topological polar surface area (TPSA) is 58.9 Å². The van der Waals surface area contributed by atoms with E-state index in [9.17, 15) is 4.79 Å². The van der Waals surface area contributed by atoms with E-state index in [1.807, 2.05) is 31.3 Å². The van der Waals surface area contributed by atoms with Crippen LogP contribution in [0.15, 0.2) is 54.7 Å². The summed E-state index contributed by atoms with van der Waals surface area (Å²) < 4.78 is 7.31. The molecular weight excluding hydrogens is 340 g/mol. The van der Waals surface area contributed by atoms with Gasteiger partial charge in [-0.2, -0.15) is 5.10 Å². The van der Waals surface area contributed by atoms with Crippen molar-refractivity contribution in [1.82, 2.24) is 14.9 Å². The predicted octanol–water partition coefficient (Wildman–Crippen LogP) is 3.05. The van der Waals surface area contributed by atoms with E-state index < -0.39 is 0 Å². The van der Waals surface area contributed by atoms with E-state index in [-0.39, 0.29) is 18.1 Å². The van der Waals surface area contributed by atoms with Crippen LogP contribution < -0.4 is 10.2 Å². The van der Waals surface area contributed by atoms with Crippen molar-refractivity contribution in [2.45, 2.75) is 26.0 Å². The average molecular weight is 364 g/mol. The van der Waals surface area contributed by atoms with Gasteiger partial charge in [0, 0.05) is 25.0 Å². The number of rotatable bonds is 4. The van der Waals surface area contributed by atoms with Crippen molar-refractivity contribution < 1.29 is 9.53 Å². The molecular formula is C21H24N4O2. The van der Waals surface area contributed by atoms with Crippen molar-refractivity contribution in [3.05, 3.63) is 66.0 Å². The third kappa shape index (κ3) is 3.80. The van der Waals surface area contributed by atoms with Gasteiger partial charge in [-0.1, -0.05) is 18.2 Å². The predicted molar refractivity (Wildman–Crippen MR) is 105 cm³/mol. The third-order valence-electron chi connectivity index (χ3n) is 4.95. The van der Waals surface area contributed by atoms with Gasteiger partial charge >= 0.3 is 0 Å². The van der Waals surface area contributed by atoms with Gasteiger partial charge in [0.25, 0.3) is 5.91 Å². The maximum atomic E-state index is 12.5. The minimum Gasteiger partial charge on any atom is -0.375 e. The minimum absolute atomic E-state index is 0.0972. The number of carbonyl (C=O) groups excluding carboxylic acids is 1. The maximum absolute atomic E-state index is 12.5. The molecule has 2 unspecified atom stereocenters. The zero-order valence-corrected chi connectivity index (χ0v) is 15.6. The van der Waals surface area contributed by atoms with Crippen molar-refractivity contribution in [2.75, 3.05) is 24.6 Å². The Morgan fingerprint density at radius 1 is 1.26 bits per heavy atom. The SMILES string of the molecule is CC1CN(c2ccc(C(C)NC(=O)c3cc4ccccn4n3)cc2)CCO1. The fraction of sp³-hybridized carbons (Fsp3) is 0.333. The monoisotopic (exact) mass is 364 g/mol. The Bertz CT molecular complexity index is 902. The van der Waals surface area contributed by atoms with Crippen molar-refractivity contribution in [2.24, 2.45) is 0 Å².